The smallest absolute Gasteiger partial charge is 0.348 e. The summed E-state index contributed by atoms with van der Waals surface area (Å²) in [5, 5.41) is 10.6. The van der Waals surface area contributed by atoms with Crippen molar-refractivity contribution in [3.05, 3.63) is 16.3 Å². The molecule has 4 nitrogen and oxygen atoms in total. The Kier molecular flexibility index (Phi) is 3.46. The zero-order valence-electron chi connectivity index (χ0n) is 9.01. The van der Waals surface area contributed by atoms with E-state index in [1.54, 1.807) is 0 Å². The van der Waals surface area contributed by atoms with Gasteiger partial charge in [-0.15, -0.1) is 11.3 Å². The molecule has 2 atom stereocenters. The van der Waals surface area contributed by atoms with Crippen molar-refractivity contribution in [1.29, 1.82) is 0 Å². The maximum atomic E-state index is 11.6. The monoisotopic (exact) mass is 242 g/mol. The summed E-state index contributed by atoms with van der Waals surface area (Å²) in [5.41, 5.74) is 0. The van der Waals surface area contributed by atoms with Gasteiger partial charge >= 0.3 is 5.97 Å². The minimum atomic E-state index is -0.371. The van der Waals surface area contributed by atoms with Crippen molar-refractivity contribution >= 4 is 17.3 Å². The van der Waals surface area contributed by atoms with Crippen molar-refractivity contribution in [1.82, 2.24) is 0 Å². The summed E-state index contributed by atoms with van der Waals surface area (Å²) >= 11 is 1.19. The molecular formula is C11H14O4S. The topological polar surface area (TPSA) is 55.8 Å². The number of ether oxygens (including phenoxy) is 2. The number of esters is 1. The van der Waals surface area contributed by atoms with E-state index in [1.165, 1.54) is 22.8 Å². The van der Waals surface area contributed by atoms with Crippen molar-refractivity contribution in [2.45, 2.75) is 19.4 Å². The minimum Gasteiger partial charge on any atom is -0.507 e. The molecule has 16 heavy (non-hydrogen) atoms. The summed E-state index contributed by atoms with van der Waals surface area (Å²) in [5.74, 6) is 0.0245. The van der Waals surface area contributed by atoms with E-state index in [0.29, 0.717) is 11.5 Å². The van der Waals surface area contributed by atoms with Crippen LogP contribution in [-0.4, -0.2) is 30.4 Å². The van der Waals surface area contributed by atoms with Gasteiger partial charge in [0, 0.05) is 24.0 Å². The molecule has 88 valence electrons. The second-order valence-corrected chi connectivity index (χ2v) is 4.80. The second kappa shape index (κ2) is 4.84. The van der Waals surface area contributed by atoms with Gasteiger partial charge in [0.2, 0.25) is 0 Å². The molecule has 2 unspecified atom stereocenters. The van der Waals surface area contributed by atoms with Crippen molar-refractivity contribution in [2.75, 3.05) is 13.2 Å². The van der Waals surface area contributed by atoms with Crippen molar-refractivity contribution < 1.29 is 19.4 Å². The van der Waals surface area contributed by atoms with Crippen LogP contribution in [0.2, 0.25) is 0 Å². The van der Waals surface area contributed by atoms with Crippen molar-refractivity contribution in [3.63, 3.8) is 0 Å². The number of carbonyl (C=O) groups excluding carboxylic acids is 1. The standard InChI is InChI=1S/C11H14O4S/c1-7-8(2-3-14-7)5-15-11(13)10-4-9(12)6-16-10/h4,6-8,12H,2-3,5H2,1H3. The van der Waals surface area contributed by atoms with Crippen LogP contribution in [0, 0.1) is 5.92 Å². The van der Waals surface area contributed by atoms with Crippen LogP contribution in [0.25, 0.3) is 0 Å². The van der Waals surface area contributed by atoms with E-state index in [9.17, 15) is 4.79 Å². The van der Waals surface area contributed by atoms with E-state index in [4.69, 9.17) is 14.6 Å². The van der Waals surface area contributed by atoms with E-state index in [0.717, 1.165) is 13.0 Å². The number of thiophene rings is 1. The highest BCUT2D eigenvalue weighted by Crippen LogP contribution is 2.23. The lowest BCUT2D eigenvalue weighted by Gasteiger charge is -2.13. The first-order chi connectivity index (χ1) is 7.66. The Hall–Kier alpha value is -1.07. The lowest BCUT2D eigenvalue weighted by atomic mass is 10.0. The molecule has 0 radical (unpaired) electrons. The molecule has 0 amide bonds. The normalized spacial score (nSPS) is 24.6. The molecule has 0 spiro atoms. The predicted octanol–water partition coefficient (Wildman–Crippen LogP) is 2.04. The summed E-state index contributed by atoms with van der Waals surface area (Å²) in [6.07, 6.45) is 1.09. The maximum absolute atomic E-state index is 11.6. The molecular weight excluding hydrogens is 228 g/mol. The third-order valence-electron chi connectivity index (χ3n) is 2.75. The largest absolute Gasteiger partial charge is 0.507 e. The highest BCUT2D eigenvalue weighted by Gasteiger charge is 2.25. The Labute approximate surface area is 97.8 Å². The van der Waals surface area contributed by atoms with Crippen LogP contribution in [0.3, 0.4) is 0 Å². The van der Waals surface area contributed by atoms with Gasteiger partial charge in [0.1, 0.15) is 10.6 Å². The molecule has 1 fully saturated rings. The van der Waals surface area contributed by atoms with Gasteiger partial charge in [0.15, 0.2) is 0 Å². The van der Waals surface area contributed by atoms with Crippen LogP contribution in [-0.2, 0) is 9.47 Å². The van der Waals surface area contributed by atoms with Gasteiger partial charge in [-0.1, -0.05) is 0 Å². The zero-order valence-corrected chi connectivity index (χ0v) is 9.83. The summed E-state index contributed by atoms with van der Waals surface area (Å²) in [6.45, 7) is 3.12. The highest BCUT2D eigenvalue weighted by atomic mass is 32.1. The number of hydrogen-bond acceptors (Lipinski definition) is 5. The van der Waals surface area contributed by atoms with E-state index in [2.05, 4.69) is 0 Å². The van der Waals surface area contributed by atoms with Gasteiger partial charge in [-0.3, -0.25) is 0 Å². The first kappa shape index (κ1) is 11.4. The molecule has 0 saturated carbocycles. The Bertz CT molecular complexity index is 374. The minimum absolute atomic E-state index is 0.106. The fourth-order valence-corrected chi connectivity index (χ4v) is 2.34. The summed E-state index contributed by atoms with van der Waals surface area (Å²) in [6, 6.07) is 1.42. The maximum Gasteiger partial charge on any atom is 0.348 e. The molecule has 5 heteroatoms. The molecule has 1 aromatic rings. The van der Waals surface area contributed by atoms with Gasteiger partial charge in [-0.05, 0) is 13.3 Å². The first-order valence-electron chi connectivity index (χ1n) is 5.23. The summed E-state index contributed by atoms with van der Waals surface area (Å²) < 4.78 is 10.6. The van der Waals surface area contributed by atoms with E-state index in [1.807, 2.05) is 6.92 Å². The van der Waals surface area contributed by atoms with Crippen LogP contribution in [0.1, 0.15) is 23.0 Å². The van der Waals surface area contributed by atoms with Crippen LogP contribution in [0.4, 0.5) is 0 Å². The Balaban J connectivity index is 1.84. The fraction of sp³-hybridized carbons (Fsp3) is 0.545. The third kappa shape index (κ3) is 2.54. The molecule has 0 aromatic carbocycles. The molecule has 1 aliphatic rings. The van der Waals surface area contributed by atoms with Gasteiger partial charge in [0.25, 0.3) is 0 Å². The molecule has 2 rings (SSSR count). The number of aromatic hydroxyl groups is 1. The molecule has 0 aliphatic carbocycles. The highest BCUT2D eigenvalue weighted by molar-refractivity contribution is 7.12. The molecule has 0 bridgehead atoms. The molecule has 1 aliphatic heterocycles. The average molecular weight is 242 g/mol. The van der Waals surface area contributed by atoms with Gasteiger partial charge < -0.3 is 14.6 Å². The number of carbonyl (C=O) groups is 1. The van der Waals surface area contributed by atoms with Gasteiger partial charge in [0.05, 0.1) is 12.7 Å². The molecule has 1 N–H and O–H groups in total. The zero-order chi connectivity index (χ0) is 11.5. The van der Waals surface area contributed by atoms with E-state index < -0.39 is 0 Å². The third-order valence-corrected chi connectivity index (χ3v) is 3.65. The summed E-state index contributed by atoms with van der Waals surface area (Å²) in [7, 11) is 0. The lowest BCUT2D eigenvalue weighted by molar-refractivity contribution is 0.0349. The van der Waals surface area contributed by atoms with Gasteiger partial charge in [-0.25, -0.2) is 4.79 Å². The number of rotatable bonds is 3. The molecule has 1 saturated heterocycles. The first-order valence-corrected chi connectivity index (χ1v) is 6.11. The molecule has 2 heterocycles. The van der Waals surface area contributed by atoms with Crippen LogP contribution in [0.5, 0.6) is 5.75 Å². The Morgan fingerprint density at radius 3 is 3.12 bits per heavy atom. The van der Waals surface area contributed by atoms with Crippen LogP contribution >= 0.6 is 11.3 Å². The SMILES string of the molecule is CC1OCCC1COC(=O)c1cc(O)cs1. The van der Waals surface area contributed by atoms with Crippen LogP contribution in [0.15, 0.2) is 11.4 Å². The van der Waals surface area contributed by atoms with Crippen molar-refractivity contribution in [2.24, 2.45) is 5.92 Å². The average Bonchev–Trinajstić information content (AvgIpc) is 2.84. The van der Waals surface area contributed by atoms with E-state index >= 15 is 0 Å². The Morgan fingerprint density at radius 1 is 1.75 bits per heavy atom. The number of hydrogen-bond donors (Lipinski definition) is 1. The fourth-order valence-electron chi connectivity index (χ4n) is 1.68. The quantitative estimate of drug-likeness (QED) is 0.824. The Morgan fingerprint density at radius 2 is 2.56 bits per heavy atom. The predicted molar refractivity (Wildman–Crippen MR) is 59.8 cm³/mol. The van der Waals surface area contributed by atoms with Gasteiger partial charge in [-0.2, -0.15) is 0 Å². The van der Waals surface area contributed by atoms with E-state index in [-0.39, 0.29) is 23.7 Å². The lowest BCUT2D eigenvalue weighted by Crippen LogP contribution is -2.19. The van der Waals surface area contributed by atoms with Crippen LogP contribution < -0.4 is 0 Å². The summed E-state index contributed by atoms with van der Waals surface area (Å²) in [4.78, 5) is 12.0. The molecule has 1 aromatic heterocycles. The second-order valence-electron chi connectivity index (χ2n) is 3.89. The van der Waals surface area contributed by atoms with Crippen molar-refractivity contribution in [3.8, 4) is 5.75 Å².